The molecule has 0 bridgehead atoms. The Morgan fingerprint density at radius 2 is 1.75 bits per heavy atom. The molecule has 0 aliphatic carbocycles. The second-order valence-corrected chi connectivity index (χ2v) is 5.67. The summed E-state index contributed by atoms with van der Waals surface area (Å²) in [6.07, 6.45) is 1.74. The Balaban J connectivity index is 2.05. The number of benzene rings is 2. The van der Waals surface area contributed by atoms with Crippen LogP contribution in [0.15, 0.2) is 53.0 Å². The monoisotopic (exact) mass is 334 g/mol. The summed E-state index contributed by atoms with van der Waals surface area (Å²) in [4.78, 5) is 0. The van der Waals surface area contributed by atoms with Gasteiger partial charge in [-0.2, -0.15) is 0 Å². The minimum absolute atomic E-state index is 0.191. The molecule has 4 heteroatoms. The zero-order valence-electron chi connectivity index (χ0n) is 11.5. The van der Waals surface area contributed by atoms with Gasteiger partial charge in [0.05, 0.1) is 7.11 Å². The van der Waals surface area contributed by atoms with Crippen molar-refractivity contribution in [3.8, 4) is 5.75 Å². The van der Waals surface area contributed by atoms with Crippen LogP contribution in [0.5, 0.6) is 5.75 Å². The van der Waals surface area contributed by atoms with Gasteiger partial charge in [0.1, 0.15) is 5.75 Å². The number of ether oxygens (including phenoxy) is 1. The Labute approximate surface area is 128 Å². The van der Waals surface area contributed by atoms with Gasteiger partial charge in [-0.25, -0.2) is 0 Å². The average molecular weight is 335 g/mol. The molecular weight excluding hydrogens is 316 g/mol. The predicted octanol–water partition coefficient (Wildman–Crippen LogP) is 3.07. The van der Waals surface area contributed by atoms with Crippen LogP contribution in [0.25, 0.3) is 0 Å². The lowest BCUT2D eigenvalue weighted by Crippen LogP contribution is -2.38. The summed E-state index contributed by atoms with van der Waals surface area (Å²) in [5.41, 5.74) is 5.37. The molecule has 0 aliphatic heterocycles. The molecular formula is C16H19BrN2O. The summed E-state index contributed by atoms with van der Waals surface area (Å²) in [5.74, 6) is 6.56. The van der Waals surface area contributed by atoms with E-state index in [1.165, 1.54) is 11.1 Å². The third-order valence-corrected chi connectivity index (χ3v) is 3.72. The van der Waals surface area contributed by atoms with Gasteiger partial charge in [-0.1, -0.05) is 40.2 Å². The molecule has 1 unspecified atom stereocenters. The Morgan fingerprint density at radius 1 is 1.10 bits per heavy atom. The third kappa shape index (κ3) is 4.34. The van der Waals surface area contributed by atoms with Crippen LogP contribution in [0.3, 0.4) is 0 Å². The van der Waals surface area contributed by atoms with E-state index in [4.69, 9.17) is 10.6 Å². The number of halogens is 1. The molecule has 3 nitrogen and oxygen atoms in total. The van der Waals surface area contributed by atoms with E-state index in [-0.39, 0.29) is 6.04 Å². The lowest BCUT2D eigenvalue weighted by molar-refractivity contribution is 0.413. The first kappa shape index (κ1) is 15.0. The maximum absolute atomic E-state index is 5.68. The SMILES string of the molecule is COc1cccc(CC(Cc2cccc(Br)c2)NN)c1. The molecule has 0 radical (unpaired) electrons. The quantitative estimate of drug-likeness (QED) is 0.630. The number of methoxy groups -OCH3 is 1. The second-order valence-electron chi connectivity index (χ2n) is 4.75. The van der Waals surface area contributed by atoms with Gasteiger partial charge in [-0.15, -0.1) is 0 Å². The van der Waals surface area contributed by atoms with Crippen molar-refractivity contribution in [3.05, 3.63) is 64.1 Å². The summed E-state index contributed by atoms with van der Waals surface area (Å²) in [6.45, 7) is 0. The van der Waals surface area contributed by atoms with E-state index in [1.807, 2.05) is 30.3 Å². The fraction of sp³-hybridized carbons (Fsp3) is 0.250. The van der Waals surface area contributed by atoms with Gasteiger partial charge in [0, 0.05) is 10.5 Å². The average Bonchev–Trinajstić information content (AvgIpc) is 2.47. The molecule has 0 heterocycles. The van der Waals surface area contributed by atoms with Crippen molar-refractivity contribution in [2.45, 2.75) is 18.9 Å². The molecule has 1 atom stereocenters. The van der Waals surface area contributed by atoms with Crippen LogP contribution < -0.4 is 16.0 Å². The number of nitrogens with two attached hydrogens (primary N) is 1. The highest BCUT2D eigenvalue weighted by Crippen LogP contribution is 2.17. The van der Waals surface area contributed by atoms with Crippen LogP contribution >= 0.6 is 15.9 Å². The number of rotatable bonds is 6. The first-order valence-electron chi connectivity index (χ1n) is 6.55. The van der Waals surface area contributed by atoms with Gasteiger partial charge in [-0.05, 0) is 48.2 Å². The minimum atomic E-state index is 0.191. The van der Waals surface area contributed by atoms with Crippen molar-refractivity contribution in [2.24, 2.45) is 5.84 Å². The van der Waals surface area contributed by atoms with Crippen molar-refractivity contribution >= 4 is 15.9 Å². The van der Waals surface area contributed by atoms with Gasteiger partial charge in [0.15, 0.2) is 0 Å². The molecule has 2 rings (SSSR count). The van der Waals surface area contributed by atoms with E-state index in [9.17, 15) is 0 Å². The van der Waals surface area contributed by atoms with Crippen LogP contribution in [0, 0.1) is 0 Å². The van der Waals surface area contributed by atoms with Crippen LogP contribution in [-0.4, -0.2) is 13.2 Å². The zero-order chi connectivity index (χ0) is 14.4. The maximum Gasteiger partial charge on any atom is 0.119 e. The van der Waals surface area contributed by atoms with Gasteiger partial charge in [0.25, 0.3) is 0 Å². The lowest BCUT2D eigenvalue weighted by atomic mass is 9.99. The van der Waals surface area contributed by atoms with E-state index in [2.05, 4.69) is 39.6 Å². The molecule has 0 fully saturated rings. The van der Waals surface area contributed by atoms with Gasteiger partial charge in [-0.3, -0.25) is 11.3 Å². The number of hydrogen-bond donors (Lipinski definition) is 2. The van der Waals surface area contributed by atoms with Crippen LogP contribution in [-0.2, 0) is 12.8 Å². The highest BCUT2D eigenvalue weighted by atomic mass is 79.9. The summed E-state index contributed by atoms with van der Waals surface area (Å²) in [6, 6.07) is 16.6. The number of hydrogen-bond acceptors (Lipinski definition) is 3. The predicted molar refractivity (Wildman–Crippen MR) is 85.7 cm³/mol. The van der Waals surface area contributed by atoms with Crippen molar-refractivity contribution < 1.29 is 4.74 Å². The van der Waals surface area contributed by atoms with Crippen LogP contribution in [0.2, 0.25) is 0 Å². The van der Waals surface area contributed by atoms with Crippen LogP contribution in [0.4, 0.5) is 0 Å². The fourth-order valence-electron chi connectivity index (χ4n) is 2.22. The molecule has 0 amide bonds. The molecule has 2 aromatic carbocycles. The van der Waals surface area contributed by atoms with E-state index >= 15 is 0 Å². The summed E-state index contributed by atoms with van der Waals surface area (Å²) in [5, 5.41) is 0. The largest absolute Gasteiger partial charge is 0.497 e. The first-order valence-corrected chi connectivity index (χ1v) is 7.34. The van der Waals surface area contributed by atoms with Crippen molar-refractivity contribution in [1.29, 1.82) is 0 Å². The zero-order valence-corrected chi connectivity index (χ0v) is 13.1. The lowest BCUT2D eigenvalue weighted by Gasteiger charge is -2.16. The van der Waals surface area contributed by atoms with E-state index < -0.39 is 0 Å². The maximum atomic E-state index is 5.68. The van der Waals surface area contributed by atoms with E-state index in [0.29, 0.717) is 0 Å². The fourth-order valence-corrected chi connectivity index (χ4v) is 2.67. The normalized spacial score (nSPS) is 12.2. The molecule has 0 saturated carbocycles. The minimum Gasteiger partial charge on any atom is -0.497 e. The molecule has 106 valence electrons. The van der Waals surface area contributed by atoms with E-state index in [1.54, 1.807) is 7.11 Å². The summed E-state index contributed by atoms with van der Waals surface area (Å²) < 4.78 is 6.34. The van der Waals surface area contributed by atoms with Crippen molar-refractivity contribution in [1.82, 2.24) is 5.43 Å². The molecule has 0 spiro atoms. The molecule has 20 heavy (non-hydrogen) atoms. The van der Waals surface area contributed by atoms with Crippen molar-refractivity contribution in [2.75, 3.05) is 7.11 Å². The van der Waals surface area contributed by atoms with Gasteiger partial charge < -0.3 is 4.74 Å². The highest BCUT2D eigenvalue weighted by Gasteiger charge is 2.09. The summed E-state index contributed by atoms with van der Waals surface area (Å²) in [7, 11) is 1.68. The third-order valence-electron chi connectivity index (χ3n) is 3.22. The van der Waals surface area contributed by atoms with Gasteiger partial charge in [0.2, 0.25) is 0 Å². The Hall–Kier alpha value is -1.36. The smallest absolute Gasteiger partial charge is 0.119 e. The molecule has 0 aromatic heterocycles. The van der Waals surface area contributed by atoms with Crippen LogP contribution in [0.1, 0.15) is 11.1 Å². The standard InChI is InChI=1S/C16H19BrN2O/c1-20-16-7-3-5-13(11-16)10-15(19-18)9-12-4-2-6-14(17)8-12/h2-8,11,15,19H,9-10,18H2,1H3. The van der Waals surface area contributed by atoms with Crippen molar-refractivity contribution in [3.63, 3.8) is 0 Å². The first-order chi connectivity index (χ1) is 9.71. The molecule has 0 saturated heterocycles. The Kier molecular flexibility index (Phi) is 5.59. The van der Waals surface area contributed by atoms with E-state index in [0.717, 1.165) is 23.1 Å². The molecule has 2 aromatic rings. The Bertz CT molecular complexity index is 560. The topological polar surface area (TPSA) is 47.3 Å². The number of hydrazine groups is 1. The number of nitrogens with one attached hydrogen (secondary N) is 1. The summed E-state index contributed by atoms with van der Waals surface area (Å²) >= 11 is 3.49. The highest BCUT2D eigenvalue weighted by molar-refractivity contribution is 9.10. The molecule has 0 aliphatic rings. The second kappa shape index (κ2) is 7.43. The molecule has 3 N–H and O–H groups in total. The Morgan fingerprint density at radius 3 is 2.35 bits per heavy atom. The van der Waals surface area contributed by atoms with Gasteiger partial charge >= 0.3 is 0 Å².